The van der Waals surface area contributed by atoms with E-state index in [0.717, 1.165) is 16.6 Å². The van der Waals surface area contributed by atoms with Crippen LogP contribution in [0.2, 0.25) is 0 Å². The second-order valence-corrected chi connectivity index (χ2v) is 8.51. The first-order valence-electron chi connectivity index (χ1n) is 10.7. The number of hydrogen-bond acceptors (Lipinski definition) is 1. The van der Waals surface area contributed by atoms with Gasteiger partial charge >= 0.3 is 0 Å². The minimum absolute atomic E-state index is 0.972. The third-order valence-electron chi connectivity index (χ3n) is 6.77. The Balaban J connectivity index is 1.86. The molecule has 0 aliphatic rings. The smallest absolute Gasteiger partial charge is 0.224 e. The molecular weight excluding hydrogens is 378 g/mol. The number of hydrogen-bond donors (Lipinski definition) is 0. The molecule has 5 aromatic carbocycles. The van der Waals surface area contributed by atoms with Gasteiger partial charge in [-0.1, -0.05) is 60.7 Å². The molecule has 0 aliphatic heterocycles. The second-order valence-electron chi connectivity index (χ2n) is 8.51. The minimum Gasteiger partial charge on any atom is -0.454 e. The van der Waals surface area contributed by atoms with Gasteiger partial charge in [-0.25, -0.2) is 4.57 Å². The second kappa shape index (κ2) is 5.83. The first-order valence-corrected chi connectivity index (χ1v) is 10.7. The molecule has 0 fully saturated rings. The van der Waals surface area contributed by atoms with E-state index in [0.29, 0.717) is 0 Å². The quantitative estimate of drug-likeness (QED) is 0.193. The average Bonchev–Trinajstić information content (AvgIpc) is 3.19. The Morgan fingerprint density at radius 1 is 0.581 bits per heavy atom. The van der Waals surface area contributed by atoms with Gasteiger partial charge in [-0.2, -0.15) is 0 Å². The fourth-order valence-corrected chi connectivity index (χ4v) is 5.40. The summed E-state index contributed by atoms with van der Waals surface area (Å²) in [4.78, 5) is 0. The Hall–Kier alpha value is -3.91. The maximum absolute atomic E-state index is 6.78. The number of benzene rings is 5. The van der Waals surface area contributed by atoms with E-state index in [1.54, 1.807) is 0 Å². The molecular formula is C29H20NO+. The zero-order valence-electron chi connectivity index (χ0n) is 17.4. The lowest BCUT2D eigenvalue weighted by atomic mass is 9.95. The molecule has 2 heteroatoms. The molecule has 0 saturated carbocycles. The Kier molecular flexibility index (Phi) is 3.17. The predicted molar refractivity (Wildman–Crippen MR) is 130 cm³/mol. The van der Waals surface area contributed by atoms with Crippen molar-refractivity contribution in [1.82, 2.24) is 0 Å². The SMILES string of the molecule is Cc1cccc2c1c1c(ccc[n+]1C)c1oc3c(ccc4ccc5ccccc5c43)c21. The summed E-state index contributed by atoms with van der Waals surface area (Å²) in [5.41, 5.74) is 4.45. The van der Waals surface area contributed by atoms with Crippen LogP contribution < -0.4 is 4.57 Å². The van der Waals surface area contributed by atoms with Crippen molar-refractivity contribution in [2.24, 2.45) is 7.05 Å². The average molecular weight is 398 g/mol. The number of nitrogens with zero attached hydrogens (tertiary/aromatic N) is 1. The topological polar surface area (TPSA) is 17.0 Å². The van der Waals surface area contributed by atoms with E-state index in [9.17, 15) is 0 Å². The van der Waals surface area contributed by atoms with Gasteiger partial charge in [0.1, 0.15) is 18.2 Å². The van der Waals surface area contributed by atoms with E-state index in [1.807, 2.05) is 0 Å². The standard InChI is InChI=1S/C29H20NO/c1-17-7-5-10-21-24(17)27-23(11-6-16-30(27)2)29-26(21)22-15-14-19-13-12-18-8-3-4-9-20(18)25(19)28(22)31-29/h3-16H,1-2H3/q+1. The molecule has 0 spiro atoms. The summed E-state index contributed by atoms with van der Waals surface area (Å²) in [6.45, 7) is 2.20. The van der Waals surface area contributed by atoms with Crippen LogP contribution in [0, 0.1) is 6.92 Å². The maximum Gasteiger partial charge on any atom is 0.224 e. The number of fused-ring (bicyclic) bond motifs is 12. The summed E-state index contributed by atoms with van der Waals surface area (Å²) in [6.07, 6.45) is 2.12. The van der Waals surface area contributed by atoms with Crippen LogP contribution in [0.25, 0.3) is 65.2 Å². The summed E-state index contributed by atoms with van der Waals surface area (Å²) in [5.74, 6) is 0. The van der Waals surface area contributed by atoms with Crippen LogP contribution in [-0.2, 0) is 7.05 Å². The van der Waals surface area contributed by atoms with Crippen LogP contribution in [-0.4, -0.2) is 0 Å². The first-order chi connectivity index (χ1) is 15.2. The highest BCUT2D eigenvalue weighted by Crippen LogP contribution is 2.43. The monoisotopic (exact) mass is 398 g/mol. The van der Waals surface area contributed by atoms with E-state index in [4.69, 9.17) is 4.42 Å². The Labute approximate surface area is 178 Å². The van der Waals surface area contributed by atoms with Crippen molar-refractivity contribution in [3.63, 3.8) is 0 Å². The largest absolute Gasteiger partial charge is 0.454 e. The van der Waals surface area contributed by atoms with Gasteiger partial charge in [-0.3, -0.25) is 0 Å². The van der Waals surface area contributed by atoms with Gasteiger partial charge in [0.05, 0.1) is 10.8 Å². The maximum atomic E-state index is 6.78. The number of pyridine rings is 1. The molecule has 31 heavy (non-hydrogen) atoms. The highest BCUT2D eigenvalue weighted by Gasteiger charge is 2.22. The molecule has 7 aromatic rings. The summed E-state index contributed by atoms with van der Waals surface area (Å²) in [7, 11) is 2.12. The van der Waals surface area contributed by atoms with Crippen molar-refractivity contribution in [2.75, 3.05) is 0 Å². The van der Waals surface area contributed by atoms with Crippen molar-refractivity contribution in [3.8, 4) is 0 Å². The van der Waals surface area contributed by atoms with Gasteiger partial charge in [0.2, 0.25) is 5.52 Å². The molecule has 2 nitrogen and oxygen atoms in total. The summed E-state index contributed by atoms with van der Waals surface area (Å²) in [5, 5.41) is 11.0. The molecule has 0 unspecified atom stereocenters. The molecule has 0 amide bonds. The van der Waals surface area contributed by atoms with Gasteiger partial charge in [0.15, 0.2) is 6.20 Å². The van der Waals surface area contributed by atoms with Crippen LogP contribution in [0.15, 0.2) is 89.5 Å². The lowest BCUT2D eigenvalue weighted by molar-refractivity contribution is -0.644. The Morgan fingerprint density at radius 2 is 1.32 bits per heavy atom. The van der Waals surface area contributed by atoms with E-state index in [1.165, 1.54) is 54.2 Å². The molecule has 0 saturated heterocycles. The van der Waals surface area contributed by atoms with Gasteiger partial charge in [-0.05, 0) is 40.8 Å². The number of rotatable bonds is 0. The summed E-state index contributed by atoms with van der Waals surface area (Å²) >= 11 is 0. The van der Waals surface area contributed by atoms with Crippen molar-refractivity contribution in [2.45, 2.75) is 6.92 Å². The van der Waals surface area contributed by atoms with E-state index in [-0.39, 0.29) is 0 Å². The van der Waals surface area contributed by atoms with Gasteiger partial charge in [-0.15, -0.1) is 0 Å². The van der Waals surface area contributed by atoms with E-state index >= 15 is 0 Å². The summed E-state index contributed by atoms with van der Waals surface area (Å²) < 4.78 is 8.99. The fourth-order valence-electron chi connectivity index (χ4n) is 5.40. The molecule has 0 N–H and O–H groups in total. The van der Waals surface area contributed by atoms with Crippen molar-refractivity contribution in [3.05, 3.63) is 90.6 Å². The van der Waals surface area contributed by atoms with Crippen LogP contribution in [0.1, 0.15) is 5.56 Å². The lowest BCUT2D eigenvalue weighted by Gasteiger charge is -2.07. The fraction of sp³-hybridized carbons (Fsp3) is 0.0690. The minimum atomic E-state index is 0.972. The number of furan rings is 1. The van der Waals surface area contributed by atoms with E-state index < -0.39 is 0 Å². The highest BCUT2D eigenvalue weighted by molar-refractivity contribution is 6.33. The zero-order chi connectivity index (χ0) is 20.7. The molecule has 7 rings (SSSR count). The Morgan fingerprint density at radius 3 is 2.26 bits per heavy atom. The Bertz CT molecular complexity index is 1860. The van der Waals surface area contributed by atoms with Crippen molar-refractivity contribution < 1.29 is 8.98 Å². The molecule has 2 heterocycles. The molecule has 0 aliphatic carbocycles. The normalized spacial score (nSPS) is 12.2. The van der Waals surface area contributed by atoms with Crippen LogP contribution in [0.3, 0.4) is 0 Å². The molecule has 0 atom stereocenters. The van der Waals surface area contributed by atoms with Gasteiger partial charge < -0.3 is 4.42 Å². The molecule has 2 aromatic heterocycles. The number of aryl methyl sites for hydroxylation is 2. The van der Waals surface area contributed by atoms with Crippen LogP contribution >= 0.6 is 0 Å². The highest BCUT2D eigenvalue weighted by atomic mass is 16.3. The van der Waals surface area contributed by atoms with Crippen molar-refractivity contribution in [1.29, 1.82) is 0 Å². The lowest BCUT2D eigenvalue weighted by Crippen LogP contribution is -2.28. The number of aromatic nitrogens is 1. The third-order valence-corrected chi connectivity index (χ3v) is 6.77. The van der Waals surface area contributed by atoms with Crippen LogP contribution in [0.4, 0.5) is 0 Å². The molecule has 146 valence electrons. The van der Waals surface area contributed by atoms with Gasteiger partial charge in [0.25, 0.3) is 0 Å². The van der Waals surface area contributed by atoms with E-state index in [2.05, 4.69) is 104 Å². The summed E-state index contributed by atoms with van der Waals surface area (Å²) in [6, 6.07) is 28.3. The predicted octanol–water partition coefficient (Wildman–Crippen LogP) is 7.33. The molecule has 0 radical (unpaired) electrons. The van der Waals surface area contributed by atoms with Crippen LogP contribution in [0.5, 0.6) is 0 Å². The first kappa shape index (κ1) is 16.8. The van der Waals surface area contributed by atoms with Crippen molar-refractivity contribution >= 4 is 65.2 Å². The third kappa shape index (κ3) is 2.09. The molecule has 0 bridgehead atoms. The zero-order valence-corrected chi connectivity index (χ0v) is 17.4. The van der Waals surface area contributed by atoms with Gasteiger partial charge in [0, 0.05) is 27.6 Å².